The maximum absolute atomic E-state index is 10.3. The molecule has 1 saturated heterocycles. The Hall–Kier alpha value is -3.23. The molecule has 0 bridgehead atoms. The van der Waals surface area contributed by atoms with Gasteiger partial charge in [0.05, 0.1) is 12.6 Å². The van der Waals surface area contributed by atoms with Crippen LogP contribution in [0.2, 0.25) is 0 Å². The summed E-state index contributed by atoms with van der Waals surface area (Å²) in [6, 6.07) is 15.1. The lowest BCUT2D eigenvalue weighted by atomic mass is 9.93. The summed E-state index contributed by atoms with van der Waals surface area (Å²) in [6.07, 6.45) is 2.63. The van der Waals surface area contributed by atoms with Crippen LogP contribution in [0, 0.1) is 0 Å². The minimum atomic E-state index is -0.220. The van der Waals surface area contributed by atoms with Crippen molar-refractivity contribution in [2.24, 2.45) is 5.73 Å². The third kappa shape index (κ3) is 3.99. The molecule has 0 aliphatic carbocycles. The van der Waals surface area contributed by atoms with Gasteiger partial charge < -0.3 is 25.7 Å². The lowest BCUT2D eigenvalue weighted by Crippen LogP contribution is -2.42. The van der Waals surface area contributed by atoms with E-state index in [1.165, 1.54) is 5.56 Å². The highest BCUT2D eigenvalue weighted by atomic mass is 16.3. The number of aromatic hydroxyl groups is 1. The molecular weight excluding hydrogens is 404 g/mol. The second-order valence-corrected chi connectivity index (χ2v) is 8.47. The quantitative estimate of drug-likeness (QED) is 0.576. The van der Waals surface area contributed by atoms with Crippen molar-refractivity contribution in [3.8, 4) is 17.1 Å². The number of nitrogens with zero attached hydrogens (tertiary/aromatic N) is 5. The first-order chi connectivity index (χ1) is 15.6. The lowest BCUT2D eigenvalue weighted by molar-refractivity contribution is 0.256. The van der Waals surface area contributed by atoms with Gasteiger partial charge in [0, 0.05) is 31.2 Å². The number of rotatable bonds is 4. The fourth-order valence-electron chi connectivity index (χ4n) is 4.59. The van der Waals surface area contributed by atoms with Gasteiger partial charge in [0.25, 0.3) is 0 Å². The highest BCUT2D eigenvalue weighted by Crippen LogP contribution is 2.34. The molecule has 2 aliphatic heterocycles. The number of phenolic OH excluding ortho intramolecular Hbond substituents is 1. The minimum absolute atomic E-state index is 0.0297. The van der Waals surface area contributed by atoms with Crippen molar-refractivity contribution in [3.63, 3.8) is 0 Å². The Morgan fingerprint density at radius 1 is 0.938 bits per heavy atom. The predicted octanol–water partition coefficient (Wildman–Crippen LogP) is 2.27. The molecule has 8 nitrogen and oxygen atoms in total. The van der Waals surface area contributed by atoms with E-state index in [9.17, 15) is 10.2 Å². The predicted molar refractivity (Wildman–Crippen MR) is 124 cm³/mol. The van der Waals surface area contributed by atoms with Crippen LogP contribution in [0.4, 0.5) is 11.9 Å². The second-order valence-electron chi connectivity index (χ2n) is 8.47. The Morgan fingerprint density at radius 3 is 2.50 bits per heavy atom. The Kier molecular flexibility index (Phi) is 5.63. The molecular formula is C24H28N6O2. The number of aromatic nitrogens is 3. The van der Waals surface area contributed by atoms with E-state index in [4.69, 9.17) is 20.7 Å². The van der Waals surface area contributed by atoms with Crippen molar-refractivity contribution in [3.05, 3.63) is 59.7 Å². The molecule has 1 fully saturated rings. The molecule has 1 atom stereocenters. The smallest absolute Gasteiger partial charge is 0.231 e. The summed E-state index contributed by atoms with van der Waals surface area (Å²) in [6.45, 7) is 2.25. The summed E-state index contributed by atoms with van der Waals surface area (Å²) < 4.78 is 0. The van der Waals surface area contributed by atoms with E-state index in [0.29, 0.717) is 24.3 Å². The van der Waals surface area contributed by atoms with Gasteiger partial charge in [-0.2, -0.15) is 15.0 Å². The first-order valence-electron chi connectivity index (χ1n) is 11.1. The Labute approximate surface area is 187 Å². The summed E-state index contributed by atoms with van der Waals surface area (Å²) >= 11 is 0. The van der Waals surface area contributed by atoms with Gasteiger partial charge in [0.1, 0.15) is 5.75 Å². The van der Waals surface area contributed by atoms with Crippen LogP contribution in [0.1, 0.15) is 30.0 Å². The highest BCUT2D eigenvalue weighted by Gasteiger charge is 2.30. The first-order valence-corrected chi connectivity index (χ1v) is 11.1. The zero-order chi connectivity index (χ0) is 22.1. The number of fused-ring (bicyclic) bond motifs is 1. The summed E-state index contributed by atoms with van der Waals surface area (Å²) in [5, 5.41) is 20.3. The van der Waals surface area contributed by atoms with Gasteiger partial charge in [0.15, 0.2) is 5.82 Å². The summed E-state index contributed by atoms with van der Waals surface area (Å²) in [4.78, 5) is 18.6. The number of hydrogen-bond acceptors (Lipinski definition) is 8. The number of anilines is 2. The average molecular weight is 433 g/mol. The van der Waals surface area contributed by atoms with E-state index in [-0.39, 0.29) is 24.4 Å². The maximum Gasteiger partial charge on any atom is 0.231 e. The van der Waals surface area contributed by atoms with E-state index in [0.717, 1.165) is 43.5 Å². The molecule has 0 amide bonds. The van der Waals surface area contributed by atoms with Crippen LogP contribution in [0.5, 0.6) is 5.75 Å². The van der Waals surface area contributed by atoms with E-state index in [2.05, 4.69) is 21.9 Å². The van der Waals surface area contributed by atoms with E-state index in [1.54, 1.807) is 18.2 Å². The summed E-state index contributed by atoms with van der Waals surface area (Å²) in [5.41, 5.74) is 9.17. The normalized spacial score (nSPS) is 19.1. The van der Waals surface area contributed by atoms with Crippen LogP contribution in [-0.4, -0.2) is 57.4 Å². The van der Waals surface area contributed by atoms with E-state index in [1.807, 2.05) is 18.2 Å². The SMILES string of the molecule is NC1CCN(c2nc(-c3cccc(O)c3)nc(N3CCc4ccccc4C3CO)n2)CC1. The van der Waals surface area contributed by atoms with Gasteiger partial charge in [0.2, 0.25) is 11.9 Å². The van der Waals surface area contributed by atoms with Gasteiger partial charge in [-0.15, -0.1) is 0 Å². The number of hydrogen-bond donors (Lipinski definition) is 3. The number of phenols is 1. The zero-order valence-corrected chi connectivity index (χ0v) is 17.9. The van der Waals surface area contributed by atoms with Gasteiger partial charge in [-0.1, -0.05) is 36.4 Å². The standard InChI is InChI=1S/C24H28N6O2/c25-18-9-11-29(12-10-18)23-26-22(17-5-3-6-19(32)14-17)27-24(28-23)30-13-8-16-4-1-2-7-20(16)21(30)15-31/h1-7,14,18,21,31-32H,8-13,15,25H2. The molecule has 0 radical (unpaired) electrons. The number of piperidine rings is 1. The molecule has 1 aromatic heterocycles. The Bertz CT molecular complexity index is 1100. The molecule has 166 valence electrons. The van der Waals surface area contributed by atoms with Crippen LogP contribution in [0.25, 0.3) is 11.4 Å². The average Bonchev–Trinajstić information content (AvgIpc) is 2.83. The van der Waals surface area contributed by atoms with Crippen LogP contribution in [0.3, 0.4) is 0 Å². The fourth-order valence-corrected chi connectivity index (χ4v) is 4.59. The van der Waals surface area contributed by atoms with E-state index >= 15 is 0 Å². The van der Waals surface area contributed by atoms with Crippen molar-refractivity contribution in [1.29, 1.82) is 0 Å². The first kappa shape index (κ1) is 20.7. The van der Waals surface area contributed by atoms with Crippen LogP contribution in [-0.2, 0) is 6.42 Å². The summed E-state index contributed by atoms with van der Waals surface area (Å²) in [7, 11) is 0. The third-order valence-electron chi connectivity index (χ3n) is 6.38. The largest absolute Gasteiger partial charge is 0.508 e. The molecule has 3 heterocycles. The molecule has 2 aromatic carbocycles. The second kappa shape index (κ2) is 8.72. The number of benzene rings is 2. The molecule has 4 N–H and O–H groups in total. The molecule has 8 heteroatoms. The monoisotopic (exact) mass is 432 g/mol. The number of aliphatic hydroxyl groups is 1. The van der Waals surface area contributed by atoms with Gasteiger partial charge in [-0.3, -0.25) is 0 Å². The molecule has 3 aromatic rings. The van der Waals surface area contributed by atoms with Gasteiger partial charge in [-0.05, 0) is 42.5 Å². The lowest BCUT2D eigenvalue weighted by Gasteiger charge is -2.37. The van der Waals surface area contributed by atoms with Crippen LogP contribution < -0.4 is 15.5 Å². The van der Waals surface area contributed by atoms with Crippen molar-refractivity contribution in [1.82, 2.24) is 15.0 Å². The van der Waals surface area contributed by atoms with E-state index < -0.39 is 0 Å². The van der Waals surface area contributed by atoms with Crippen molar-refractivity contribution < 1.29 is 10.2 Å². The van der Waals surface area contributed by atoms with Gasteiger partial charge in [-0.25, -0.2) is 0 Å². The molecule has 2 aliphatic rings. The van der Waals surface area contributed by atoms with Crippen molar-refractivity contribution in [2.75, 3.05) is 36.0 Å². The highest BCUT2D eigenvalue weighted by molar-refractivity contribution is 5.61. The maximum atomic E-state index is 10.3. The molecule has 1 unspecified atom stereocenters. The molecule has 0 saturated carbocycles. The van der Waals surface area contributed by atoms with Crippen molar-refractivity contribution in [2.45, 2.75) is 31.3 Å². The number of nitrogens with two attached hydrogens (primary N) is 1. The summed E-state index contributed by atoms with van der Waals surface area (Å²) in [5.74, 6) is 1.81. The Morgan fingerprint density at radius 2 is 1.72 bits per heavy atom. The topological polar surface area (TPSA) is 112 Å². The Balaban J connectivity index is 1.58. The van der Waals surface area contributed by atoms with Crippen LogP contribution in [0.15, 0.2) is 48.5 Å². The fraction of sp³-hybridized carbons (Fsp3) is 0.375. The third-order valence-corrected chi connectivity index (χ3v) is 6.38. The minimum Gasteiger partial charge on any atom is -0.508 e. The molecule has 5 rings (SSSR count). The van der Waals surface area contributed by atoms with Gasteiger partial charge >= 0.3 is 0 Å². The number of aliphatic hydroxyl groups excluding tert-OH is 1. The molecule has 0 spiro atoms. The van der Waals surface area contributed by atoms with Crippen LogP contribution >= 0.6 is 0 Å². The van der Waals surface area contributed by atoms with Crippen molar-refractivity contribution >= 4 is 11.9 Å². The zero-order valence-electron chi connectivity index (χ0n) is 17.9. The molecule has 32 heavy (non-hydrogen) atoms.